The van der Waals surface area contributed by atoms with E-state index in [2.05, 4.69) is 95.3 Å². The van der Waals surface area contributed by atoms with Crippen LogP contribution in [0.1, 0.15) is 72.3 Å². The van der Waals surface area contributed by atoms with Crippen LogP contribution in [0.3, 0.4) is 0 Å². The largest absolute Gasteiger partial charge is 0.371 e. The minimum absolute atomic E-state index is 0.0590. The van der Waals surface area contributed by atoms with Crippen molar-refractivity contribution in [2.75, 3.05) is 31.1 Å². The Morgan fingerprint density at radius 1 is 0.829 bits per heavy atom. The zero-order valence-electron chi connectivity index (χ0n) is 20.8. The van der Waals surface area contributed by atoms with Gasteiger partial charge >= 0.3 is 6.03 Å². The van der Waals surface area contributed by atoms with Crippen LogP contribution in [0.15, 0.2) is 72.8 Å². The van der Waals surface area contributed by atoms with Crippen LogP contribution in [0.25, 0.3) is 0 Å². The molecule has 2 N–H and O–H groups in total. The second-order valence-corrected chi connectivity index (χ2v) is 9.90. The summed E-state index contributed by atoms with van der Waals surface area (Å²) in [5.74, 6) is 0.877. The minimum Gasteiger partial charge on any atom is -0.371 e. The predicted molar refractivity (Wildman–Crippen MR) is 144 cm³/mol. The van der Waals surface area contributed by atoms with E-state index in [1.165, 1.54) is 33.5 Å². The van der Waals surface area contributed by atoms with E-state index >= 15 is 0 Å². The van der Waals surface area contributed by atoms with E-state index < -0.39 is 0 Å². The van der Waals surface area contributed by atoms with E-state index in [-0.39, 0.29) is 6.03 Å². The lowest BCUT2D eigenvalue weighted by molar-refractivity contribution is 0.241. The summed E-state index contributed by atoms with van der Waals surface area (Å²) in [5.41, 5.74) is 8.69. The summed E-state index contributed by atoms with van der Waals surface area (Å²) in [7, 11) is 0. The van der Waals surface area contributed by atoms with Gasteiger partial charge in [-0.05, 0) is 59.9 Å². The summed E-state index contributed by atoms with van der Waals surface area (Å²) in [6.07, 6.45) is 5.18. The molecular weight excluding hydrogens is 430 g/mol. The van der Waals surface area contributed by atoms with Gasteiger partial charge in [-0.3, -0.25) is 0 Å². The molecule has 182 valence electrons. The Labute approximate surface area is 209 Å². The average molecular weight is 468 g/mol. The van der Waals surface area contributed by atoms with Crippen molar-refractivity contribution in [1.29, 1.82) is 0 Å². The van der Waals surface area contributed by atoms with Crippen molar-refractivity contribution in [1.82, 2.24) is 10.6 Å². The minimum atomic E-state index is -0.0590. The molecule has 2 amide bonds. The topological polar surface area (TPSA) is 44.4 Å². The normalized spacial score (nSPS) is 18.6. The number of nitrogens with zero attached hydrogens (tertiary/aromatic N) is 1. The van der Waals surface area contributed by atoms with Crippen molar-refractivity contribution in [3.8, 4) is 0 Å². The molecule has 0 fully saturated rings. The van der Waals surface area contributed by atoms with Gasteiger partial charge in [0.05, 0.1) is 0 Å². The quantitative estimate of drug-likeness (QED) is 0.387. The maximum Gasteiger partial charge on any atom is 0.314 e. The monoisotopic (exact) mass is 467 g/mol. The molecule has 2 heterocycles. The van der Waals surface area contributed by atoms with Crippen LogP contribution < -0.4 is 15.5 Å². The number of hydrogen-bond donors (Lipinski definition) is 2. The molecule has 3 aromatic carbocycles. The van der Waals surface area contributed by atoms with E-state index in [0.717, 1.165) is 51.7 Å². The van der Waals surface area contributed by atoms with Crippen LogP contribution in [-0.4, -0.2) is 32.2 Å². The number of nitrogens with one attached hydrogen (secondary N) is 2. The van der Waals surface area contributed by atoms with Crippen molar-refractivity contribution in [2.24, 2.45) is 0 Å². The van der Waals surface area contributed by atoms with Gasteiger partial charge in [-0.2, -0.15) is 0 Å². The zero-order valence-corrected chi connectivity index (χ0v) is 20.8. The summed E-state index contributed by atoms with van der Waals surface area (Å²) >= 11 is 0. The second kappa shape index (κ2) is 11.0. The molecule has 0 aliphatic carbocycles. The molecule has 0 spiro atoms. The molecule has 2 atom stereocenters. The maximum absolute atomic E-state index is 11.9. The fraction of sp³-hybridized carbons (Fsp3) is 0.387. The highest BCUT2D eigenvalue weighted by Gasteiger charge is 2.34. The van der Waals surface area contributed by atoms with Gasteiger partial charge in [0.15, 0.2) is 0 Å². The number of anilines is 1. The van der Waals surface area contributed by atoms with Crippen LogP contribution in [0.2, 0.25) is 0 Å². The molecule has 0 bridgehead atoms. The van der Waals surface area contributed by atoms with Gasteiger partial charge in [-0.15, -0.1) is 0 Å². The summed E-state index contributed by atoms with van der Waals surface area (Å²) in [6, 6.07) is 26.9. The van der Waals surface area contributed by atoms with Gasteiger partial charge in [0.25, 0.3) is 0 Å². The number of hydrogen-bond acceptors (Lipinski definition) is 2. The van der Waals surface area contributed by atoms with Crippen molar-refractivity contribution in [3.05, 3.63) is 101 Å². The lowest BCUT2D eigenvalue weighted by Crippen LogP contribution is -2.38. The number of carbonyl (C=O) groups is 1. The average Bonchev–Trinajstić information content (AvgIpc) is 2.91. The molecule has 2 unspecified atom stereocenters. The van der Waals surface area contributed by atoms with Crippen LogP contribution in [0.4, 0.5) is 10.5 Å². The molecule has 4 heteroatoms. The first-order valence-electron chi connectivity index (χ1n) is 13.3. The van der Waals surface area contributed by atoms with Crippen molar-refractivity contribution in [3.63, 3.8) is 0 Å². The number of urea groups is 1. The third kappa shape index (κ3) is 5.22. The lowest BCUT2D eigenvalue weighted by atomic mass is 9.75. The van der Waals surface area contributed by atoms with Gasteiger partial charge in [-0.25, -0.2) is 4.79 Å². The van der Waals surface area contributed by atoms with Crippen LogP contribution in [-0.2, 0) is 6.42 Å². The molecule has 4 nitrogen and oxygen atoms in total. The molecule has 2 aliphatic rings. The first kappa shape index (κ1) is 23.5. The first-order chi connectivity index (χ1) is 17.2. The summed E-state index contributed by atoms with van der Waals surface area (Å²) in [4.78, 5) is 14.6. The summed E-state index contributed by atoms with van der Waals surface area (Å²) in [6.45, 7) is 5.72. The smallest absolute Gasteiger partial charge is 0.314 e. The van der Waals surface area contributed by atoms with E-state index in [4.69, 9.17) is 0 Å². The molecule has 35 heavy (non-hydrogen) atoms. The Kier molecular flexibility index (Phi) is 7.37. The Bertz CT molecular complexity index is 1060. The van der Waals surface area contributed by atoms with Crippen LogP contribution >= 0.6 is 0 Å². The molecule has 0 saturated carbocycles. The van der Waals surface area contributed by atoms with E-state index in [1.54, 1.807) is 0 Å². The highest BCUT2D eigenvalue weighted by molar-refractivity contribution is 5.73. The third-order valence-electron chi connectivity index (χ3n) is 7.54. The van der Waals surface area contributed by atoms with Crippen molar-refractivity contribution >= 4 is 11.7 Å². The fourth-order valence-electron chi connectivity index (χ4n) is 5.86. The van der Waals surface area contributed by atoms with Crippen LogP contribution in [0, 0.1) is 0 Å². The maximum atomic E-state index is 11.9. The number of benzene rings is 3. The van der Waals surface area contributed by atoms with Gasteiger partial charge in [0.2, 0.25) is 0 Å². The number of aryl methyl sites for hydroxylation is 1. The molecule has 5 rings (SSSR count). The van der Waals surface area contributed by atoms with Gasteiger partial charge in [0.1, 0.15) is 0 Å². The highest BCUT2D eigenvalue weighted by Crippen LogP contribution is 2.48. The predicted octanol–water partition coefficient (Wildman–Crippen LogP) is 6.21. The van der Waals surface area contributed by atoms with E-state index in [1.807, 2.05) is 0 Å². The summed E-state index contributed by atoms with van der Waals surface area (Å²) < 4.78 is 0. The van der Waals surface area contributed by atoms with Gasteiger partial charge in [0, 0.05) is 43.7 Å². The third-order valence-corrected chi connectivity index (χ3v) is 7.54. The van der Waals surface area contributed by atoms with Gasteiger partial charge in [-0.1, -0.05) is 79.7 Å². The van der Waals surface area contributed by atoms with Crippen LogP contribution in [0.5, 0.6) is 0 Å². The molecule has 0 aromatic heterocycles. The summed E-state index contributed by atoms with van der Waals surface area (Å²) in [5, 5.41) is 5.90. The van der Waals surface area contributed by atoms with Crippen molar-refractivity contribution in [2.45, 2.75) is 50.9 Å². The van der Waals surface area contributed by atoms with Gasteiger partial charge < -0.3 is 15.5 Å². The zero-order chi connectivity index (χ0) is 24.0. The Hall–Kier alpha value is -3.27. The number of rotatable bonds is 8. The Morgan fingerprint density at radius 2 is 1.37 bits per heavy atom. The van der Waals surface area contributed by atoms with E-state index in [9.17, 15) is 4.79 Å². The fourth-order valence-corrected chi connectivity index (χ4v) is 5.86. The molecule has 0 radical (unpaired) electrons. The molecular formula is C31H37N3O. The number of amides is 2. The second-order valence-electron chi connectivity index (χ2n) is 9.90. The SMILES string of the molecule is CCCNC(=O)NCCCc1cc2c3c(c1)C(c1ccccc1)CCN3CCC2c1ccccc1. The lowest BCUT2D eigenvalue weighted by Gasteiger charge is -2.43. The Morgan fingerprint density at radius 3 is 1.91 bits per heavy atom. The van der Waals surface area contributed by atoms with Crippen molar-refractivity contribution < 1.29 is 4.79 Å². The van der Waals surface area contributed by atoms with E-state index in [0.29, 0.717) is 18.4 Å². The molecule has 0 saturated heterocycles. The number of carbonyl (C=O) groups excluding carboxylic acids is 1. The first-order valence-corrected chi connectivity index (χ1v) is 13.3. The Balaban J connectivity index is 1.46. The molecule has 3 aromatic rings. The highest BCUT2D eigenvalue weighted by atomic mass is 16.2. The standard InChI is InChI=1S/C31H37N3O/c1-2-17-32-31(35)33-18-9-10-23-21-28-26(24-11-5-3-6-12-24)15-19-34-20-16-27(29(22-23)30(28)34)25-13-7-4-8-14-25/h3-8,11-14,21-22,26-27H,2,9-10,15-20H2,1H3,(H2,32,33,35). The molecule has 2 aliphatic heterocycles.